The van der Waals surface area contributed by atoms with Gasteiger partial charge in [-0.25, -0.2) is 8.42 Å². The van der Waals surface area contributed by atoms with E-state index in [9.17, 15) is 18.0 Å². The van der Waals surface area contributed by atoms with Crippen molar-refractivity contribution >= 4 is 39.1 Å². The Bertz CT molecular complexity index is 1310. The Hall–Kier alpha value is -3.36. The molecule has 0 aromatic heterocycles. The van der Waals surface area contributed by atoms with Crippen molar-refractivity contribution in [1.82, 2.24) is 10.2 Å². The number of halogens is 1. The second kappa shape index (κ2) is 11.6. The van der Waals surface area contributed by atoms with Gasteiger partial charge in [-0.2, -0.15) is 0 Å². The SMILES string of the molecule is CNC(=O)[C@H](C)N(Cc1ccc(Cl)cc1)C(=O)CN(c1cc(C)cc(C)c1)S(=O)(=O)c1ccccc1. The first-order valence-corrected chi connectivity index (χ1v) is 13.3. The molecule has 36 heavy (non-hydrogen) atoms. The van der Waals surface area contributed by atoms with E-state index in [0.29, 0.717) is 10.7 Å². The monoisotopic (exact) mass is 527 g/mol. The van der Waals surface area contributed by atoms with Crippen molar-refractivity contribution in [3.8, 4) is 0 Å². The van der Waals surface area contributed by atoms with E-state index < -0.39 is 28.5 Å². The van der Waals surface area contributed by atoms with Crippen LogP contribution < -0.4 is 9.62 Å². The molecule has 0 heterocycles. The number of likely N-dealkylation sites (N-methyl/N-ethyl adjacent to an activating group) is 1. The molecule has 0 aliphatic heterocycles. The minimum absolute atomic E-state index is 0.0700. The van der Waals surface area contributed by atoms with Crippen molar-refractivity contribution in [3.05, 3.63) is 94.5 Å². The Balaban J connectivity index is 2.05. The van der Waals surface area contributed by atoms with E-state index >= 15 is 0 Å². The highest BCUT2D eigenvalue weighted by Gasteiger charge is 2.32. The standard InChI is InChI=1S/C27H30ClN3O4S/c1-19-14-20(2)16-24(15-19)31(36(34,35)25-8-6-5-7-9-25)18-26(32)30(21(3)27(33)29-4)17-22-10-12-23(28)13-11-22/h5-16,21H,17-18H2,1-4H3,(H,29,33)/t21-/m0/s1. The Labute approximate surface area is 217 Å². The fourth-order valence-electron chi connectivity index (χ4n) is 3.92. The normalized spacial score (nSPS) is 12.0. The summed E-state index contributed by atoms with van der Waals surface area (Å²) in [5.74, 6) is -0.874. The zero-order chi connectivity index (χ0) is 26.5. The molecule has 1 atom stereocenters. The average Bonchev–Trinajstić information content (AvgIpc) is 2.85. The molecule has 0 fully saturated rings. The fraction of sp³-hybridized carbons (Fsp3) is 0.259. The maximum absolute atomic E-state index is 13.7. The summed E-state index contributed by atoms with van der Waals surface area (Å²) in [5.41, 5.74) is 2.86. The minimum atomic E-state index is -4.08. The molecule has 2 amide bonds. The topological polar surface area (TPSA) is 86.8 Å². The highest BCUT2D eigenvalue weighted by molar-refractivity contribution is 7.92. The molecule has 0 aliphatic carbocycles. The number of anilines is 1. The maximum atomic E-state index is 13.7. The number of rotatable bonds is 9. The number of amides is 2. The van der Waals surface area contributed by atoms with Crippen molar-refractivity contribution in [1.29, 1.82) is 0 Å². The molecule has 0 saturated heterocycles. The highest BCUT2D eigenvalue weighted by atomic mass is 35.5. The van der Waals surface area contributed by atoms with Crippen LogP contribution in [-0.2, 0) is 26.2 Å². The molecule has 9 heteroatoms. The van der Waals surface area contributed by atoms with Gasteiger partial charge in [-0.15, -0.1) is 0 Å². The van der Waals surface area contributed by atoms with Crippen molar-refractivity contribution in [2.24, 2.45) is 0 Å². The second-order valence-corrected chi connectivity index (χ2v) is 10.9. The van der Waals surface area contributed by atoms with Crippen LogP contribution in [0.25, 0.3) is 0 Å². The van der Waals surface area contributed by atoms with E-state index in [1.165, 1.54) is 24.1 Å². The summed E-state index contributed by atoms with van der Waals surface area (Å²) in [7, 11) is -2.59. The third-order valence-corrected chi connectivity index (χ3v) is 7.82. The zero-order valence-corrected chi connectivity index (χ0v) is 22.3. The van der Waals surface area contributed by atoms with Crippen LogP contribution in [0.2, 0.25) is 5.02 Å². The van der Waals surface area contributed by atoms with Gasteiger partial charge in [-0.3, -0.25) is 13.9 Å². The van der Waals surface area contributed by atoms with Crippen LogP contribution in [0, 0.1) is 13.8 Å². The lowest BCUT2D eigenvalue weighted by Crippen LogP contribution is -2.50. The lowest BCUT2D eigenvalue weighted by atomic mass is 10.1. The van der Waals surface area contributed by atoms with Crippen LogP contribution in [0.1, 0.15) is 23.6 Å². The summed E-state index contributed by atoms with van der Waals surface area (Å²) < 4.78 is 28.6. The second-order valence-electron chi connectivity index (χ2n) is 8.61. The average molecular weight is 528 g/mol. The van der Waals surface area contributed by atoms with Crippen LogP contribution in [0.3, 0.4) is 0 Å². The van der Waals surface area contributed by atoms with Crippen LogP contribution in [0.5, 0.6) is 0 Å². The van der Waals surface area contributed by atoms with Crippen molar-refractivity contribution in [2.45, 2.75) is 38.3 Å². The summed E-state index contributed by atoms with van der Waals surface area (Å²) in [5, 5.41) is 3.11. The summed E-state index contributed by atoms with van der Waals surface area (Å²) >= 11 is 6.00. The molecule has 0 spiro atoms. The molecule has 0 bridgehead atoms. The number of nitrogens with zero attached hydrogens (tertiary/aromatic N) is 2. The lowest BCUT2D eigenvalue weighted by Gasteiger charge is -2.32. The van der Waals surface area contributed by atoms with Gasteiger partial charge in [0.05, 0.1) is 10.6 Å². The molecule has 0 unspecified atom stereocenters. The molecule has 190 valence electrons. The number of sulfonamides is 1. The van der Waals surface area contributed by atoms with E-state index in [1.54, 1.807) is 61.5 Å². The molecule has 3 rings (SSSR count). The van der Waals surface area contributed by atoms with Gasteiger partial charge in [0.15, 0.2) is 0 Å². The van der Waals surface area contributed by atoms with Gasteiger partial charge in [0.1, 0.15) is 12.6 Å². The summed E-state index contributed by atoms with van der Waals surface area (Å²) in [6.07, 6.45) is 0. The molecular formula is C27H30ClN3O4S. The number of carbonyl (C=O) groups excluding carboxylic acids is 2. The van der Waals surface area contributed by atoms with Crippen LogP contribution in [0.15, 0.2) is 77.7 Å². The Morgan fingerprint density at radius 1 is 0.944 bits per heavy atom. The van der Waals surface area contributed by atoms with Crippen molar-refractivity contribution < 1.29 is 18.0 Å². The quantitative estimate of drug-likeness (QED) is 0.449. The first kappa shape index (κ1) is 27.2. The minimum Gasteiger partial charge on any atom is -0.357 e. The largest absolute Gasteiger partial charge is 0.357 e. The van der Waals surface area contributed by atoms with E-state index in [4.69, 9.17) is 11.6 Å². The molecule has 3 aromatic carbocycles. The van der Waals surface area contributed by atoms with Crippen LogP contribution >= 0.6 is 11.6 Å². The Kier molecular flexibility index (Phi) is 8.76. The van der Waals surface area contributed by atoms with E-state index in [-0.39, 0.29) is 17.3 Å². The summed E-state index contributed by atoms with van der Waals surface area (Å²) in [6.45, 7) is 4.98. The summed E-state index contributed by atoms with van der Waals surface area (Å²) in [4.78, 5) is 27.7. The molecular weight excluding hydrogens is 498 g/mol. The van der Waals surface area contributed by atoms with Crippen molar-refractivity contribution in [2.75, 3.05) is 17.9 Å². The van der Waals surface area contributed by atoms with Crippen molar-refractivity contribution in [3.63, 3.8) is 0 Å². The highest BCUT2D eigenvalue weighted by Crippen LogP contribution is 2.26. The Morgan fingerprint density at radius 2 is 1.53 bits per heavy atom. The number of aryl methyl sites for hydroxylation is 2. The first-order valence-electron chi connectivity index (χ1n) is 11.4. The van der Waals surface area contributed by atoms with E-state index in [1.807, 2.05) is 19.9 Å². The van der Waals surface area contributed by atoms with Crippen LogP contribution in [-0.4, -0.2) is 44.8 Å². The lowest BCUT2D eigenvalue weighted by molar-refractivity contribution is -0.139. The van der Waals surface area contributed by atoms with Gasteiger partial charge >= 0.3 is 0 Å². The third-order valence-electron chi connectivity index (χ3n) is 5.78. The van der Waals surface area contributed by atoms with Gasteiger partial charge < -0.3 is 10.2 Å². The summed E-state index contributed by atoms with van der Waals surface area (Å²) in [6, 6.07) is 19.5. The molecule has 0 aliphatic rings. The molecule has 0 radical (unpaired) electrons. The molecule has 7 nitrogen and oxygen atoms in total. The number of hydrogen-bond acceptors (Lipinski definition) is 4. The van der Waals surface area contributed by atoms with E-state index in [0.717, 1.165) is 21.0 Å². The fourth-order valence-corrected chi connectivity index (χ4v) is 5.47. The number of benzene rings is 3. The molecule has 1 N–H and O–H groups in total. The maximum Gasteiger partial charge on any atom is 0.264 e. The van der Waals surface area contributed by atoms with Crippen LogP contribution in [0.4, 0.5) is 5.69 Å². The number of nitrogens with one attached hydrogen (secondary N) is 1. The van der Waals surface area contributed by atoms with Gasteiger partial charge in [0.2, 0.25) is 11.8 Å². The number of hydrogen-bond donors (Lipinski definition) is 1. The number of carbonyl (C=O) groups is 2. The first-order chi connectivity index (χ1) is 17.0. The zero-order valence-electron chi connectivity index (χ0n) is 20.7. The molecule has 3 aromatic rings. The van der Waals surface area contributed by atoms with E-state index in [2.05, 4.69) is 5.32 Å². The smallest absolute Gasteiger partial charge is 0.264 e. The predicted octanol–water partition coefficient (Wildman–Crippen LogP) is 4.32. The van der Waals surface area contributed by atoms with Gasteiger partial charge in [0.25, 0.3) is 10.0 Å². The van der Waals surface area contributed by atoms with Gasteiger partial charge in [-0.1, -0.05) is 48.0 Å². The third kappa shape index (κ3) is 6.44. The van der Waals surface area contributed by atoms with Gasteiger partial charge in [-0.05, 0) is 73.9 Å². The molecule has 0 saturated carbocycles. The predicted molar refractivity (Wildman–Crippen MR) is 142 cm³/mol. The Morgan fingerprint density at radius 3 is 2.08 bits per heavy atom. The van der Waals surface area contributed by atoms with Gasteiger partial charge in [0, 0.05) is 18.6 Å².